The summed E-state index contributed by atoms with van der Waals surface area (Å²) in [5.74, 6) is 0.747. The van der Waals surface area contributed by atoms with Crippen molar-refractivity contribution in [1.82, 2.24) is 5.32 Å². The first kappa shape index (κ1) is 12.0. The molecule has 1 rings (SSSR count). The Morgan fingerprint density at radius 3 is 2.64 bits per heavy atom. The average Bonchev–Trinajstić information content (AvgIpc) is 2.59. The van der Waals surface area contributed by atoms with Gasteiger partial charge in [0.1, 0.15) is 0 Å². The molecule has 14 heavy (non-hydrogen) atoms. The first-order valence-corrected chi connectivity index (χ1v) is 6.12. The molecule has 2 nitrogen and oxygen atoms in total. The molecule has 0 aromatic carbocycles. The Balaban J connectivity index is 2.33. The van der Waals surface area contributed by atoms with E-state index in [9.17, 15) is 0 Å². The van der Waals surface area contributed by atoms with Crippen LogP contribution in [0, 0.1) is 5.92 Å². The van der Waals surface area contributed by atoms with Gasteiger partial charge in [-0.25, -0.2) is 0 Å². The largest absolute Gasteiger partial charge is 0.378 e. The zero-order chi connectivity index (χ0) is 10.4. The Hall–Kier alpha value is -0.0800. The van der Waals surface area contributed by atoms with Crippen molar-refractivity contribution < 1.29 is 4.74 Å². The summed E-state index contributed by atoms with van der Waals surface area (Å²) in [5.41, 5.74) is 0. The molecule has 1 saturated heterocycles. The van der Waals surface area contributed by atoms with Crippen LogP contribution in [0.3, 0.4) is 0 Å². The molecule has 1 N–H and O–H groups in total. The Kier molecular flexibility index (Phi) is 5.49. The van der Waals surface area contributed by atoms with Crippen LogP contribution in [0.4, 0.5) is 0 Å². The highest BCUT2D eigenvalue weighted by molar-refractivity contribution is 4.81. The maximum Gasteiger partial charge on any atom is 0.0551 e. The molecule has 0 aromatic rings. The Morgan fingerprint density at radius 1 is 1.36 bits per heavy atom. The van der Waals surface area contributed by atoms with Crippen LogP contribution in [0.25, 0.3) is 0 Å². The lowest BCUT2D eigenvalue weighted by Gasteiger charge is -2.23. The highest BCUT2D eigenvalue weighted by atomic mass is 16.5. The third-order valence-electron chi connectivity index (χ3n) is 3.05. The first-order chi connectivity index (χ1) is 6.77. The maximum atomic E-state index is 5.63. The molecule has 1 heterocycles. The standard InChI is InChI=1S/C12H25NO/c1-4-6-12(13-7-5-2)11-8-10(3)14-9-11/h10-13H,4-9H2,1-3H3. The lowest BCUT2D eigenvalue weighted by Crippen LogP contribution is -2.37. The fourth-order valence-corrected chi connectivity index (χ4v) is 2.28. The first-order valence-electron chi connectivity index (χ1n) is 6.12. The van der Waals surface area contributed by atoms with E-state index in [0.29, 0.717) is 12.1 Å². The fraction of sp³-hybridized carbons (Fsp3) is 1.00. The van der Waals surface area contributed by atoms with Crippen molar-refractivity contribution in [2.45, 2.75) is 58.6 Å². The zero-order valence-electron chi connectivity index (χ0n) is 9.88. The molecule has 0 aromatic heterocycles. The minimum atomic E-state index is 0.475. The molecule has 84 valence electrons. The van der Waals surface area contributed by atoms with E-state index in [1.165, 1.54) is 25.7 Å². The minimum Gasteiger partial charge on any atom is -0.378 e. The molecule has 0 amide bonds. The van der Waals surface area contributed by atoms with Gasteiger partial charge in [0.05, 0.1) is 12.7 Å². The minimum absolute atomic E-state index is 0.475. The number of rotatable bonds is 6. The molecule has 3 unspecified atom stereocenters. The van der Waals surface area contributed by atoms with E-state index in [1.54, 1.807) is 0 Å². The second kappa shape index (κ2) is 6.41. The van der Waals surface area contributed by atoms with E-state index in [-0.39, 0.29) is 0 Å². The Morgan fingerprint density at radius 2 is 2.14 bits per heavy atom. The summed E-state index contributed by atoms with van der Waals surface area (Å²) in [7, 11) is 0. The van der Waals surface area contributed by atoms with E-state index in [0.717, 1.165) is 19.1 Å². The van der Waals surface area contributed by atoms with Crippen LogP contribution >= 0.6 is 0 Å². The van der Waals surface area contributed by atoms with Crippen LogP contribution in [0.2, 0.25) is 0 Å². The summed E-state index contributed by atoms with van der Waals surface area (Å²) in [6, 6.07) is 0.685. The molecular formula is C12H25NO. The van der Waals surface area contributed by atoms with E-state index in [4.69, 9.17) is 4.74 Å². The smallest absolute Gasteiger partial charge is 0.0551 e. The van der Waals surface area contributed by atoms with Gasteiger partial charge < -0.3 is 10.1 Å². The summed E-state index contributed by atoms with van der Waals surface area (Å²) < 4.78 is 5.63. The third-order valence-corrected chi connectivity index (χ3v) is 3.05. The van der Waals surface area contributed by atoms with Crippen molar-refractivity contribution in [3.8, 4) is 0 Å². The van der Waals surface area contributed by atoms with Crippen molar-refractivity contribution in [2.24, 2.45) is 5.92 Å². The highest BCUT2D eigenvalue weighted by Crippen LogP contribution is 2.24. The van der Waals surface area contributed by atoms with Gasteiger partial charge in [0, 0.05) is 12.0 Å². The fourth-order valence-electron chi connectivity index (χ4n) is 2.28. The summed E-state index contributed by atoms with van der Waals surface area (Å²) in [6.45, 7) is 8.78. The van der Waals surface area contributed by atoms with Crippen molar-refractivity contribution in [2.75, 3.05) is 13.2 Å². The zero-order valence-corrected chi connectivity index (χ0v) is 9.88. The SMILES string of the molecule is CCCNC(CCC)C1COC(C)C1. The molecule has 1 aliphatic rings. The number of nitrogens with one attached hydrogen (secondary N) is 1. The quantitative estimate of drug-likeness (QED) is 0.710. The predicted molar refractivity (Wildman–Crippen MR) is 60.5 cm³/mol. The maximum absolute atomic E-state index is 5.63. The van der Waals surface area contributed by atoms with Gasteiger partial charge in [-0.3, -0.25) is 0 Å². The Labute approximate surface area is 88.4 Å². The van der Waals surface area contributed by atoms with Crippen LogP contribution in [0.5, 0.6) is 0 Å². The van der Waals surface area contributed by atoms with Gasteiger partial charge >= 0.3 is 0 Å². The molecule has 0 bridgehead atoms. The van der Waals surface area contributed by atoms with Gasteiger partial charge in [-0.1, -0.05) is 20.3 Å². The van der Waals surface area contributed by atoms with E-state index in [2.05, 4.69) is 26.1 Å². The van der Waals surface area contributed by atoms with Gasteiger partial charge in [0.25, 0.3) is 0 Å². The van der Waals surface area contributed by atoms with Crippen LogP contribution in [-0.4, -0.2) is 25.3 Å². The molecule has 0 aliphatic carbocycles. The number of hydrogen-bond acceptors (Lipinski definition) is 2. The van der Waals surface area contributed by atoms with Crippen molar-refractivity contribution in [1.29, 1.82) is 0 Å². The Bertz CT molecular complexity index is 149. The van der Waals surface area contributed by atoms with Gasteiger partial charge in [-0.2, -0.15) is 0 Å². The third kappa shape index (κ3) is 3.58. The topological polar surface area (TPSA) is 21.3 Å². The molecule has 1 aliphatic heterocycles. The number of ether oxygens (including phenoxy) is 1. The second-order valence-electron chi connectivity index (χ2n) is 4.49. The molecule has 1 fully saturated rings. The van der Waals surface area contributed by atoms with Crippen LogP contribution in [0.15, 0.2) is 0 Å². The van der Waals surface area contributed by atoms with Crippen molar-refractivity contribution in [3.63, 3.8) is 0 Å². The van der Waals surface area contributed by atoms with Crippen LogP contribution in [-0.2, 0) is 4.74 Å². The highest BCUT2D eigenvalue weighted by Gasteiger charge is 2.28. The van der Waals surface area contributed by atoms with Gasteiger partial charge in [-0.05, 0) is 32.7 Å². The summed E-state index contributed by atoms with van der Waals surface area (Å²) in [5, 5.41) is 3.65. The summed E-state index contributed by atoms with van der Waals surface area (Å²) >= 11 is 0. The van der Waals surface area contributed by atoms with Crippen molar-refractivity contribution in [3.05, 3.63) is 0 Å². The second-order valence-corrected chi connectivity index (χ2v) is 4.49. The average molecular weight is 199 g/mol. The molecule has 0 saturated carbocycles. The lowest BCUT2D eigenvalue weighted by molar-refractivity contribution is 0.116. The van der Waals surface area contributed by atoms with E-state index < -0.39 is 0 Å². The van der Waals surface area contributed by atoms with Crippen LogP contribution in [0.1, 0.15) is 46.5 Å². The molecule has 3 atom stereocenters. The molecule has 0 spiro atoms. The molecular weight excluding hydrogens is 174 g/mol. The molecule has 2 heteroatoms. The summed E-state index contributed by atoms with van der Waals surface area (Å²) in [6.07, 6.45) is 5.50. The van der Waals surface area contributed by atoms with E-state index >= 15 is 0 Å². The summed E-state index contributed by atoms with van der Waals surface area (Å²) in [4.78, 5) is 0. The van der Waals surface area contributed by atoms with Gasteiger partial charge in [0.2, 0.25) is 0 Å². The van der Waals surface area contributed by atoms with Gasteiger partial charge in [0.15, 0.2) is 0 Å². The van der Waals surface area contributed by atoms with Gasteiger partial charge in [-0.15, -0.1) is 0 Å². The monoisotopic (exact) mass is 199 g/mol. The molecule has 0 radical (unpaired) electrons. The predicted octanol–water partition coefficient (Wildman–Crippen LogP) is 2.58. The van der Waals surface area contributed by atoms with Crippen molar-refractivity contribution >= 4 is 0 Å². The van der Waals surface area contributed by atoms with Crippen LogP contribution < -0.4 is 5.32 Å². The van der Waals surface area contributed by atoms with E-state index in [1.807, 2.05) is 0 Å². The lowest BCUT2D eigenvalue weighted by atomic mass is 9.93. The normalized spacial score (nSPS) is 29.4. The number of hydrogen-bond donors (Lipinski definition) is 1.